The monoisotopic (exact) mass is 182 g/mol. The number of hydrogen-bond donors (Lipinski definition) is 0. The molecule has 0 bridgehead atoms. The molecule has 0 nitrogen and oxygen atoms in total. The first-order valence-corrected chi connectivity index (χ1v) is 9.00. The van der Waals surface area contributed by atoms with E-state index < -0.39 is 0 Å². The summed E-state index contributed by atoms with van der Waals surface area (Å²) in [4.78, 5) is 0. The molecule has 0 atom stereocenters. The predicted molar refractivity (Wildman–Crippen MR) is 34.9 cm³/mol. The molecular formula is H12F6Si2. The normalized spacial score (nSPS) is 1.50. The smallest absolute Gasteiger partial charge is 0.0125 e. The highest BCUT2D eigenvalue weighted by molar-refractivity contribution is 6.75. The van der Waals surface area contributed by atoms with E-state index in [4.69, 9.17) is 0 Å². The fourth-order valence-corrected chi connectivity index (χ4v) is 0. The molecule has 8 heavy (non-hydrogen) atoms. The molecule has 0 aliphatic heterocycles. The lowest BCUT2D eigenvalue weighted by molar-refractivity contribution is 1.11. The third-order valence-corrected chi connectivity index (χ3v) is 0. The molecule has 62 valence electrons. The summed E-state index contributed by atoms with van der Waals surface area (Å²) < 4.78 is 0. The molecule has 0 unspecified atom stereocenters. The molecule has 0 rings (SSSR count). The van der Waals surface area contributed by atoms with Crippen LogP contribution < -0.4 is 0 Å². The first-order valence-electron chi connectivity index (χ1n) is 1.00. The van der Waals surface area contributed by atoms with Gasteiger partial charge in [0.05, 0.1) is 0 Å². The van der Waals surface area contributed by atoms with Crippen molar-refractivity contribution in [2.75, 3.05) is 0 Å². The Morgan fingerprint density at radius 3 is 0.375 bits per heavy atom. The standard InChI is InChI=1S/6FH.H6Si2/c;;;;;;1-2/h6*1H;1-2H3. The van der Waals surface area contributed by atoms with Crippen LogP contribution in [-0.2, 0) is 0 Å². The molecule has 0 fully saturated rings. The molecule has 0 saturated heterocycles. The van der Waals surface area contributed by atoms with E-state index in [-0.39, 0.29) is 28.2 Å². The van der Waals surface area contributed by atoms with Crippen LogP contribution in [0.25, 0.3) is 0 Å². The van der Waals surface area contributed by atoms with Crippen LogP contribution in [0.15, 0.2) is 0 Å². The Hall–Kier alpha value is 0.0138. The Bertz CT molecular complexity index is 6.49. The van der Waals surface area contributed by atoms with Crippen LogP contribution in [0.5, 0.6) is 0 Å². The third-order valence-electron chi connectivity index (χ3n) is 0. The number of rotatable bonds is 0. The zero-order chi connectivity index (χ0) is 2.00. The van der Waals surface area contributed by atoms with Crippen molar-refractivity contribution in [2.45, 2.75) is 0 Å². The summed E-state index contributed by atoms with van der Waals surface area (Å²) in [5.41, 5.74) is 0. The quantitative estimate of drug-likeness (QED) is 0.317. The van der Waals surface area contributed by atoms with Gasteiger partial charge in [-0.25, -0.2) is 0 Å². The highest BCUT2D eigenvalue weighted by Gasteiger charge is 0.988. The topological polar surface area (TPSA) is 0 Å². The van der Waals surface area contributed by atoms with Gasteiger partial charge in [-0.05, 0) is 19.5 Å². The molecule has 0 radical (unpaired) electrons. The summed E-state index contributed by atoms with van der Waals surface area (Å²) in [5.74, 6) is 0. The van der Waals surface area contributed by atoms with Gasteiger partial charge in [-0.1, -0.05) is 0 Å². The van der Waals surface area contributed by atoms with Gasteiger partial charge in [0.25, 0.3) is 0 Å². The molecule has 0 aliphatic rings. The van der Waals surface area contributed by atoms with E-state index in [9.17, 15) is 0 Å². The Kier molecular flexibility index (Phi) is 64200000. The number of halogens is 6. The summed E-state index contributed by atoms with van der Waals surface area (Å²) in [6, 6.07) is 0. The molecule has 0 heterocycles. The van der Waals surface area contributed by atoms with Crippen molar-refractivity contribution in [3.05, 3.63) is 0 Å². The van der Waals surface area contributed by atoms with Gasteiger partial charge in [0.15, 0.2) is 0 Å². The van der Waals surface area contributed by atoms with Crippen molar-refractivity contribution < 1.29 is 28.2 Å². The van der Waals surface area contributed by atoms with Crippen molar-refractivity contribution in [3.8, 4) is 0 Å². The Labute approximate surface area is 48.9 Å². The molecule has 0 aromatic carbocycles. The van der Waals surface area contributed by atoms with Crippen LogP contribution in [0.1, 0.15) is 0 Å². The number of hydrogen-bond acceptors (Lipinski definition) is 0. The van der Waals surface area contributed by atoms with Gasteiger partial charge in [-0.15, -0.1) is 0 Å². The SMILES string of the molecule is F.F.F.F.F.F.[SiH3][SiH3]. The summed E-state index contributed by atoms with van der Waals surface area (Å²) in [7, 11) is 2.89. The van der Waals surface area contributed by atoms with Crippen molar-refractivity contribution in [2.24, 2.45) is 0 Å². The van der Waals surface area contributed by atoms with E-state index in [0.717, 1.165) is 0 Å². The Balaban J connectivity index is -0.000000000333. The van der Waals surface area contributed by atoms with Crippen LogP contribution in [0.2, 0.25) is 0 Å². The van der Waals surface area contributed by atoms with E-state index in [1.165, 1.54) is 19.5 Å². The minimum atomic E-state index is 0. The Morgan fingerprint density at radius 2 is 0.375 bits per heavy atom. The average Bonchev–Trinajstić information content (AvgIpc) is 1.00. The van der Waals surface area contributed by atoms with Crippen LogP contribution in [0, 0.1) is 0 Å². The van der Waals surface area contributed by atoms with E-state index in [1.54, 1.807) is 0 Å². The third kappa shape index (κ3) is 798000. The van der Waals surface area contributed by atoms with Gasteiger partial charge in [0, 0.05) is 0 Å². The van der Waals surface area contributed by atoms with Crippen molar-refractivity contribution in [1.29, 1.82) is 0 Å². The van der Waals surface area contributed by atoms with Crippen LogP contribution in [-0.4, -0.2) is 19.5 Å². The lowest BCUT2D eigenvalue weighted by Crippen LogP contribution is -1.38. The van der Waals surface area contributed by atoms with Gasteiger partial charge in [0.2, 0.25) is 0 Å². The van der Waals surface area contributed by atoms with Gasteiger partial charge in [0.1, 0.15) is 0 Å². The lowest BCUT2D eigenvalue weighted by Gasteiger charge is -1.01. The Morgan fingerprint density at radius 1 is 0.375 bits per heavy atom. The molecular weight excluding hydrogens is 170 g/mol. The highest BCUT2D eigenvalue weighted by atomic mass is 29.1. The molecule has 0 aliphatic carbocycles. The maximum absolute atomic E-state index is 1.44. The fraction of sp³-hybridized carbons (Fsp3) is 0. The van der Waals surface area contributed by atoms with E-state index >= 15 is 0 Å². The van der Waals surface area contributed by atoms with Gasteiger partial charge < -0.3 is 0 Å². The molecule has 0 N–H and O–H groups in total. The van der Waals surface area contributed by atoms with Crippen LogP contribution >= 0.6 is 0 Å². The van der Waals surface area contributed by atoms with Gasteiger partial charge in [-0.2, -0.15) is 0 Å². The zero-order valence-corrected chi connectivity index (χ0v) is 8.45. The summed E-state index contributed by atoms with van der Waals surface area (Å²) in [6.07, 6.45) is 0. The van der Waals surface area contributed by atoms with Crippen molar-refractivity contribution in [1.82, 2.24) is 0 Å². The lowest BCUT2D eigenvalue weighted by atomic mass is 19.0. The first kappa shape index (κ1) is 384. The second kappa shape index (κ2) is 1340000. The van der Waals surface area contributed by atoms with Crippen molar-refractivity contribution in [3.63, 3.8) is 0 Å². The summed E-state index contributed by atoms with van der Waals surface area (Å²) >= 11 is 0. The predicted octanol–water partition coefficient (Wildman–Crippen LogP) is -1.45. The average molecular weight is 182 g/mol. The summed E-state index contributed by atoms with van der Waals surface area (Å²) in [6.45, 7) is 0. The first-order chi connectivity index (χ1) is 1.00. The highest BCUT2D eigenvalue weighted by Crippen LogP contribution is 0.619. The van der Waals surface area contributed by atoms with Crippen LogP contribution in [0.3, 0.4) is 0 Å². The summed E-state index contributed by atoms with van der Waals surface area (Å²) in [5, 5.41) is 0. The second-order valence-corrected chi connectivity index (χ2v) is 0. The molecule has 0 amide bonds. The van der Waals surface area contributed by atoms with E-state index in [2.05, 4.69) is 0 Å². The second-order valence-electron chi connectivity index (χ2n) is 0. The van der Waals surface area contributed by atoms with E-state index in [0.29, 0.717) is 0 Å². The van der Waals surface area contributed by atoms with Gasteiger partial charge in [-0.3, -0.25) is 28.2 Å². The molecule has 0 aromatic rings. The van der Waals surface area contributed by atoms with E-state index in [1.807, 2.05) is 0 Å². The molecule has 0 aromatic heterocycles. The van der Waals surface area contributed by atoms with Gasteiger partial charge >= 0.3 is 0 Å². The maximum Gasteiger partial charge on any atom is -0.0125 e. The minimum absolute atomic E-state index is 0. The largest absolute Gasteiger partial charge is 0.269 e. The molecule has 8 heteroatoms. The molecule has 0 saturated carbocycles. The minimum Gasteiger partial charge on any atom is -0.269 e. The fourth-order valence-electron chi connectivity index (χ4n) is 0. The zero-order valence-electron chi connectivity index (χ0n) is 4.45. The van der Waals surface area contributed by atoms with Crippen molar-refractivity contribution >= 4 is 19.5 Å². The molecule has 0 spiro atoms. The maximum atomic E-state index is 1.44. The van der Waals surface area contributed by atoms with Crippen LogP contribution in [0.4, 0.5) is 28.2 Å².